The molecule has 9 heteroatoms. The van der Waals surface area contributed by atoms with E-state index in [1.807, 2.05) is 0 Å². The number of benzene rings is 1. The maximum Gasteiger partial charge on any atom is 0.141 e. The second kappa shape index (κ2) is 10.1. The van der Waals surface area contributed by atoms with Crippen LogP contribution >= 0.6 is 0 Å². The van der Waals surface area contributed by atoms with E-state index in [1.54, 1.807) is 0 Å². The summed E-state index contributed by atoms with van der Waals surface area (Å²) in [4.78, 5) is 38.8. The Morgan fingerprint density at radius 1 is 0.439 bits per heavy atom. The van der Waals surface area contributed by atoms with Gasteiger partial charge in [0.15, 0.2) is 0 Å². The molecule has 6 unspecified atom stereocenters. The average molecular weight is 596 g/mol. The third kappa shape index (κ3) is 4.14. The van der Waals surface area contributed by atoms with Gasteiger partial charge in [-0.3, -0.25) is 0 Å². The minimum Gasteiger partial charge on any atom is -0.331 e. The van der Waals surface area contributed by atoms with E-state index in [-0.39, 0.29) is 17.1 Å². The molecule has 1 radical (unpaired) electrons. The van der Waals surface area contributed by atoms with E-state index >= 15 is 0 Å². The summed E-state index contributed by atoms with van der Waals surface area (Å²) in [6, 6.07) is 8.46. The van der Waals surface area contributed by atoms with Crippen molar-refractivity contribution >= 4 is 22.1 Å². The zero-order valence-electron chi connectivity index (χ0n) is 23.2. The summed E-state index contributed by atoms with van der Waals surface area (Å²) in [6.45, 7) is 0. The number of aromatic amines is 2. The van der Waals surface area contributed by atoms with Gasteiger partial charge >= 0.3 is 0 Å². The molecule has 2 N–H and O–H groups in total. The van der Waals surface area contributed by atoms with Crippen molar-refractivity contribution in [3.8, 4) is 0 Å². The number of aromatic nitrogens is 8. The summed E-state index contributed by atoms with van der Waals surface area (Å²) in [5.74, 6) is 8.18. The Labute approximate surface area is 250 Å². The minimum absolute atomic E-state index is 0. The van der Waals surface area contributed by atoms with Crippen molar-refractivity contribution in [2.75, 3.05) is 0 Å². The number of hydrogen-bond donors (Lipinski definition) is 2. The number of nitrogens with one attached hydrogen (secondary N) is 2. The van der Waals surface area contributed by atoms with E-state index in [0.29, 0.717) is 35.5 Å². The van der Waals surface area contributed by atoms with E-state index in [2.05, 4.69) is 34.2 Å². The summed E-state index contributed by atoms with van der Waals surface area (Å²) in [5, 5.41) is 2.19. The van der Waals surface area contributed by atoms with Gasteiger partial charge in [0.2, 0.25) is 0 Å². The first kappa shape index (κ1) is 25.8. The predicted molar refractivity (Wildman–Crippen MR) is 153 cm³/mol. The molecule has 3 aliphatic carbocycles. The molecule has 9 rings (SSSR count). The zero-order valence-corrected chi connectivity index (χ0v) is 24.2. The standard InChI is InChI=1S/C32H36N8.Cu/c1-2-10-18-17(9-1)25-33-26(18)38-28-21-13-5-6-14-22(21)30(35-28)40-32-24-16-8-7-15-23(24)31(36-32)39-29-20-12-4-3-11-19(20)27(34-29)37-25;/h1-2,9-10,19-24,33H,3-8,11-16H2,(H,34,35,36,37,38,39,40);. The summed E-state index contributed by atoms with van der Waals surface area (Å²) in [5.41, 5.74) is 1.72. The van der Waals surface area contributed by atoms with E-state index in [1.165, 1.54) is 44.9 Å². The molecule has 0 amide bonds. The molecule has 3 fully saturated rings. The number of fused-ring (bicyclic) bond motifs is 20. The van der Waals surface area contributed by atoms with Gasteiger partial charge in [0.1, 0.15) is 46.2 Å². The molecular formula is C32H36CuN8. The molecule has 3 aromatic rings. The van der Waals surface area contributed by atoms with Crippen LogP contribution in [0.1, 0.15) is 148 Å². The zero-order chi connectivity index (χ0) is 26.2. The monoisotopic (exact) mass is 595 g/mol. The molecule has 3 saturated carbocycles. The average Bonchev–Trinajstić information content (AvgIpc) is 3.73. The first-order chi connectivity index (χ1) is 19.8. The van der Waals surface area contributed by atoms with Gasteiger partial charge in [0, 0.05) is 63.3 Å². The predicted octanol–water partition coefficient (Wildman–Crippen LogP) is 7.09. The smallest absolute Gasteiger partial charge is 0.141 e. The largest absolute Gasteiger partial charge is 0.331 e. The molecule has 6 atom stereocenters. The van der Waals surface area contributed by atoms with E-state index in [9.17, 15) is 0 Å². The molecule has 41 heavy (non-hydrogen) atoms. The van der Waals surface area contributed by atoms with Crippen molar-refractivity contribution in [1.82, 2.24) is 39.9 Å². The molecule has 0 saturated heterocycles. The quantitative estimate of drug-likeness (QED) is 0.268. The Bertz CT molecular complexity index is 1570. The van der Waals surface area contributed by atoms with Crippen LogP contribution in [0.2, 0.25) is 0 Å². The molecular weight excluding hydrogens is 560 g/mol. The van der Waals surface area contributed by atoms with Crippen LogP contribution in [0.15, 0.2) is 24.3 Å². The van der Waals surface area contributed by atoms with Crippen LogP contribution in [-0.2, 0) is 17.1 Å². The van der Waals surface area contributed by atoms with Crippen LogP contribution in [0.4, 0.5) is 0 Å². The molecule has 2 aromatic heterocycles. The van der Waals surface area contributed by atoms with Gasteiger partial charge in [-0.1, -0.05) is 62.8 Å². The fraction of sp³-hybridized carbons (Fsp3) is 0.562. The molecule has 0 spiro atoms. The van der Waals surface area contributed by atoms with Gasteiger partial charge in [-0.05, 0) is 38.5 Å². The fourth-order valence-corrected chi connectivity index (χ4v) is 8.61. The second-order valence-electron chi connectivity index (χ2n) is 12.9. The summed E-state index contributed by atoms with van der Waals surface area (Å²) in [7, 11) is 0. The van der Waals surface area contributed by atoms with Gasteiger partial charge < -0.3 is 9.97 Å². The third-order valence-corrected chi connectivity index (χ3v) is 10.6. The molecule has 3 aliphatic heterocycles. The fourth-order valence-electron chi connectivity index (χ4n) is 8.61. The number of hydrogen-bond acceptors (Lipinski definition) is 6. The van der Waals surface area contributed by atoms with Crippen molar-refractivity contribution in [2.45, 2.75) is 113 Å². The van der Waals surface area contributed by atoms with Gasteiger partial charge in [-0.15, -0.1) is 0 Å². The van der Waals surface area contributed by atoms with Crippen molar-refractivity contribution < 1.29 is 17.1 Å². The van der Waals surface area contributed by atoms with Crippen molar-refractivity contribution in [1.29, 1.82) is 0 Å². The topological polar surface area (TPSA) is 109 Å². The number of nitrogens with zero attached hydrogens (tertiary/aromatic N) is 6. The van der Waals surface area contributed by atoms with Crippen molar-refractivity contribution in [3.63, 3.8) is 0 Å². The molecule has 8 bridgehead atoms. The molecule has 1 aromatic carbocycles. The van der Waals surface area contributed by atoms with Crippen LogP contribution < -0.4 is 0 Å². The normalized spacial score (nSPS) is 29.6. The Kier molecular flexibility index (Phi) is 6.37. The number of rotatable bonds is 0. The van der Waals surface area contributed by atoms with Gasteiger partial charge in [0.05, 0.1) is 0 Å². The molecule has 5 heterocycles. The van der Waals surface area contributed by atoms with Gasteiger partial charge in [0.25, 0.3) is 0 Å². The summed E-state index contributed by atoms with van der Waals surface area (Å²) < 4.78 is 0. The van der Waals surface area contributed by atoms with Crippen LogP contribution in [0.25, 0.3) is 22.1 Å². The van der Waals surface area contributed by atoms with Crippen molar-refractivity contribution in [2.24, 2.45) is 0 Å². The third-order valence-electron chi connectivity index (χ3n) is 10.6. The first-order valence-corrected chi connectivity index (χ1v) is 15.7. The Morgan fingerprint density at radius 2 is 0.805 bits per heavy atom. The first-order valence-electron chi connectivity index (χ1n) is 15.7. The molecule has 215 valence electrons. The molecule has 8 nitrogen and oxygen atoms in total. The Morgan fingerprint density at radius 3 is 1.29 bits per heavy atom. The SMILES string of the molecule is [Cu].c1ccc2c3nc4nc([nH]c5nc(nc6nc(nc([nH]3)c2c1)C1CCCCC61)C1CCCCC51)C1CCCCC41. The van der Waals surface area contributed by atoms with Gasteiger partial charge in [-0.2, -0.15) is 0 Å². The summed E-state index contributed by atoms with van der Waals surface area (Å²) in [6.07, 6.45) is 14.3. The van der Waals surface area contributed by atoms with Crippen LogP contribution in [0, 0.1) is 0 Å². The summed E-state index contributed by atoms with van der Waals surface area (Å²) >= 11 is 0. The van der Waals surface area contributed by atoms with E-state index in [4.69, 9.17) is 29.9 Å². The van der Waals surface area contributed by atoms with E-state index < -0.39 is 0 Å². The minimum atomic E-state index is 0. The number of H-pyrrole nitrogens is 2. The van der Waals surface area contributed by atoms with Crippen LogP contribution in [0.3, 0.4) is 0 Å². The molecule has 6 aliphatic rings. The Hall–Kier alpha value is -2.90. The van der Waals surface area contributed by atoms with Crippen LogP contribution in [0.5, 0.6) is 0 Å². The maximum absolute atomic E-state index is 5.30. The Balaban J connectivity index is 0.00000256. The maximum atomic E-state index is 5.30. The van der Waals surface area contributed by atoms with Crippen LogP contribution in [-0.4, -0.2) is 39.9 Å². The van der Waals surface area contributed by atoms with Crippen molar-refractivity contribution in [3.05, 3.63) is 59.2 Å². The van der Waals surface area contributed by atoms with E-state index in [0.717, 1.165) is 89.1 Å². The van der Waals surface area contributed by atoms with Gasteiger partial charge in [-0.25, -0.2) is 29.9 Å². The second-order valence-corrected chi connectivity index (χ2v) is 12.9.